The van der Waals surface area contributed by atoms with Crippen molar-refractivity contribution in [3.8, 4) is 23.1 Å². The molecule has 0 saturated carbocycles. The molecule has 268 valence electrons. The smallest absolute Gasteiger partial charge is 0.320 e. The van der Waals surface area contributed by atoms with Crippen LogP contribution >= 0.6 is 0 Å². The van der Waals surface area contributed by atoms with Gasteiger partial charge in [-0.3, -0.25) is 9.88 Å². The molecule has 2 aromatic heterocycles. The number of rotatable bonds is 12. The van der Waals surface area contributed by atoms with Crippen LogP contribution in [0.5, 0.6) is 11.9 Å². The molecule has 5 aromatic rings. The van der Waals surface area contributed by atoms with Crippen LogP contribution in [0.1, 0.15) is 57.6 Å². The first-order chi connectivity index (χ1) is 24.4. The number of hydrogen-bond donors (Lipinski definition) is 0. The third-order valence-electron chi connectivity index (χ3n) is 11.2. The van der Waals surface area contributed by atoms with Crippen LogP contribution in [0.3, 0.4) is 0 Å². The van der Waals surface area contributed by atoms with Crippen molar-refractivity contribution in [2.75, 3.05) is 26.3 Å². The highest BCUT2D eigenvalue weighted by atomic mass is 28.4. The standard InChI is InChI=1S/C41H48F2N4O3Si/c1-40(2,3)51(4,5)50-22-11-18-30-16-9-15-29-17-10-19-32(34(29)30)36-35(43)37-33(24-44-36)38(48-26-28-13-7-6-8-14-28)46-39(45-37)49-27-41-20-12-21-47(41)25-31(42)23-41/h6-10,13-17,19,24,31H,11-12,18,20-23,25-27H2,1-5H3/t31-,41+/m1/s1. The van der Waals surface area contributed by atoms with E-state index in [4.69, 9.17) is 13.9 Å². The van der Waals surface area contributed by atoms with Gasteiger partial charge in [-0.1, -0.05) is 87.5 Å². The molecule has 0 radical (unpaired) electrons. The molecule has 3 aromatic carbocycles. The van der Waals surface area contributed by atoms with Crippen LogP contribution in [0.25, 0.3) is 32.9 Å². The van der Waals surface area contributed by atoms with Gasteiger partial charge in [0, 0.05) is 31.3 Å². The Morgan fingerprint density at radius 1 is 0.980 bits per heavy atom. The fourth-order valence-electron chi connectivity index (χ4n) is 7.38. The number of halogens is 2. The number of benzene rings is 3. The van der Waals surface area contributed by atoms with E-state index in [1.54, 1.807) is 6.20 Å². The summed E-state index contributed by atoms with van der Waals surface area (Å²) in [5.74, 6) is -0.383. The number of nitrogens with zero attached hydrogens (tertiary/aromatic N) is 4. The fraction of sp³-hybridized carbons (Fsp3) is 0.439. The summed E-state index contributed by atoms with van der Waals surface area (Å²) >= 11 is 0. The molecule has 2 atom stereocenters. The third kappa shape index (κ3) is 7.23. The van der Waals surface area contributed by atoms with E-state index in [1.807, 2.05) is 60.7 Å². The van der Waals surface area contributed by atoms with Crippen LogP contribution in [0.15, 0.2) is 72.9 Å². The molecule has 0 bridgehead atoms. The topological polar surface area (TPSA) is 69.6 Å². The van der Waals surface area contributed by atoms with E-state index in [0.29, 0.717) is 30.5 Å². The molecular formula is C41H48F2N4O3Si. The van der Waals surface area contributed by atoms with Gasteiger partial charge >= 0.3 is 6.01 Å². The molecule has 7 nitrogen and oxygen atoms in total. The van der Waals surface area contributed by atoms with Crippen molar-refractivity contribution >= 4 is 30.0 Å². The summed E-state index contributed by atoms with van der Waals surface area (Å²) in [5.41, 5.74) is 2.62. The van der Waals surface area contributed by atoms with E-state index in [2.05, 4.69) is 59.8 Å². The van der Waals surface area contributed by atoms with E-state index < -0.39 is 25.8 Å². The van der Waals surface area contributed by atoms with Gasteiger partial charge in [0.25, 0.3) is 0 Å². The molecule has 0 unspecified atom stereocenters. The molecule has 0 aliphatic carbocycles. The molecule has 7 rings (SSSR count). The largest absolute Gasteiger partial charge is 0.472 e. The molecule has 4 heterocycles. The first kappa shape index (κ1) is 35.4. The number of aryl methyl sites for hydroxylation is 1. The molecule has 0 spiro atoms. The molecule has 10 heteroatoms. The number of hydrogen-bond acceptors (Lipinski definition) is 7. The number of fused-ring (bicyclic) bond motifs is 3. The van der Waals surface area contributed by atoms with Crippen LogP contribution in [0.4, 0.5) is 8.78 Å². The lowest BCUT2D eigenvalue weighted by molar-refractivity contribution is 0.106. The third-order valence-corrected chi connectivity index (χ3v) is 15.7. The van der Waals surface area contributed by atoms with Crippen molar-refractivity contribution in [3.63, 3.8) is 0 Å². The van der Waals surface area contributed by atoms with Crippen molar-refractivity contribution in [3.05, 3.63) is 89.9 Å². The zero-order chi connectivity index (χ0) is 35.8. The SMILES string of the molecule is CC(C)(C)[Si](C)(C)OCCCc1cccc2cccc(-c3ncc4c(OCc5ccccc5)nc(OC[C@@]56CCCN5C[C@H](F)C6)nc4c3F)c12. The molecule has 2 aliphatic heterocycles. The van der Waals surface area contributed by atoms with Crippen molar-refractivity contribution in [2.45, 2.75) is 89.3 Å². The van der Waals surface area contributed by atoms with Crippen LogP contribution < -0.4 is 9.47 Å². The Morgan fingerprint density at radius 3 is 2.55 bits per heavy atom. The number of ether oxygens (including phenoxy) is 2. The van der Waals surface area contributed by atoms with Crippen molar-refractivity contribution in [2.24, 2.45) is 0 Å². The molecule has 51 heavy (non-hydrogen) atoms. The molecule has 2 fully saturated rings. The van der Waals surface area contributed by atoms with Gasteiger partial charge in [0.2, 0.25) is 5.88 Å². The highest BCUT2D eigenvalue weighted by Crippen LogP contribution is 2.41. The van der Waals surface area contributed by atoms with E-state index in [9.17, 15) is 4.39 Å². The first-order valence-corrected chi connectivity index (χ1v) is 21.0. The predicted molar refractivity (Wildman–Crippen MR) is 201 cm³/mol. The summed E-state index contributed by atoms with van der Waals surface area (Å²) in [6, 6.07) is 21.8. The van der Waals surface area contributed by atoms with E-state index in [-0.39, 0.29) is 41.4 Å². The normalized spacial score (nSPS) is 19.5. The Hall–Kier alpha value is -3.99. The van der Waals surface area contributed by atoms with E-state index in [0.717, 1.165) is 54.1 Å². The summed E-state index contributed by atoms with van der Waals surface area (Å²) in [6.45, 7) is 13.7. The second-order valence-corrected chi connectivity index (χ2v) is 20.5. The van der Waals surface area contributed by atoms with Crippen molar-refractivity contribution < 1.29 is 22.7 Å². The van der Waals surface area contributed by atoms with Crippen LogP contribution in [0, 0.1) is 5.82 Å². The summed E-state index contributed by atoms with van der Waals surface area (Å²) in [7, 11) is -1.86. The molecule has 2 saturated heterocycles. The van der Waals surface area contributed by atoms with Crippen LogP contribution in [-0.2, 0) is 17.5 Å². The van der Waals surface area contributed by atoms with Gasteiger partial charge in [0.05, 0.1) is 10.9 Å². The lowest BCUT2D eigenvalue weighted by Gasteiger charge is -2.36. The summed E-state index contributed by atoms with van der Waals surface area (Å²) in [4.78, 5) is 16.1. The van der Waals surface area contributed by atoms with Gasteiger partial charge in [0.1, 0.15) is 30.6 Å². The molecule has 0 amide bonds. The fourth-order valence-corrected chi connectivity index (χ4v) is 8.47. The Bertz CT molecular complexity index is 2020. The minimum Gasteiger partial charge on any atom is -0.472 e. The Morgan fingerprint density at radius 2 is 1.76 bits per heavy atom. The van der Waals surface area contributed by atoms with Gasteiger partial charge in [-0.2, -0.15) is 9.97 Å². The number of pyridine rings is 1. The lowest BCUT2D eigenvalue weighted by atomic mass is 9.94. The summed E-state index contributed by atoms with van der Waals surface area (Å²) in [6.07, 6.45) is 4.57. The lowest BCUT2D eigenvalue weighted by Crippen LogP contribution is -2.43. The first-order valence-electron chi connectivity index (χ1n) is 18.1. The van der Waals surface area contributed by atoms with E-state index in [1.165, 1.54) is 0 Å². The molecule has 2 aliphatic rings. The minimum absolute atomic E-state index is 0.00508. The second-order valence-electron chi connectivity index (χ2n) is 15.7. The maximum absolute atomic E-state index is 17.0. The Kier molecular flexibility index (Phi) is 9.86. The Labute approximate surface area is 300 Å². The number of alkyl halides is 1. The van der Waals surface area contributed by atoms with Crippen LogP contribution in [0.2, 0.25) is 18.1 Å². The quantitative estimate of drug-likeness (QED) is 0.0944. The molecule has 0 N–H and O–H groups in total. The summed E-state index contributed by atoms with van der Waals surface area (Å²) in [5, 5.41) is 2.47. The monoisotopic (exact) mass is 710 g/mol. The van der Waals surface area contributed by atoms with Crippen molar-refractivity contribution in [1.82, 2.24) is 19.9 Å². The zero-order valence-corrected chi connectivity index (χ0v) is 31.3. The van der Waals surface area contributed by atoms with E-state index >= 15 is 4.39 Å². The maximum atomic E-state index is 17.0. The Balaban J connectivity index is 1.23. The average Bonchev–Trinajstić information content (AvgIpc) is 3.64. The van der Waals surface area contributed by atoms with Gasteiger partial charge in [0.15, 0.2) is 14.1 Å². The minimum atomic E-state index is -1.86. The van der Waals surface area contributed by atoms with Crippen molar-refractivity contribution in [1.29, 1.82) is 0 Å². The second kappa shape index (κ2) is 14.2. The van der Waals surface area contributed by atoms with Gasteiger partial charge in [-0.05, 0) is 72.3 Å². The van der Waals surface area contributed by atoms with Gasteiger partial charge in [-0.25, -0.2) is 8.78 Å². The highest BCUT2D eigenvalue weighted by Gasteiger charge is 2.49. The highest BCUT2D eigenvalue weighted by molar-refractivity contribution is 6.74. The number of aromatic nitrogens is 3. The maximum Gasteiger partial charge on any atom is 0.320 e. The van der Waals surface area contributed by atoms with Gasteiger partial charge < -0.3 is 13.9 Å². The predicted octanol–water partition coefficient (Wildman–Crippen LogP) is 9.47. The average molecular weight is 711 g/mol. The molecular weight excluding hydrogens is 663 g/mol. The van der Waals surface area contributed by atoms with Crippen LogP contribution in [-0.4, -0.2) is 66.2 Å². The summed E-state index contributed by atoms with van der Waals surface area (Å²) < 4.78 is 50.4. The van der Waals surface area contributed by atoms with Gasteiger partial charge in [-0.15, -0.1) is 0 Å². The zero-order valence-electron chi connectivity index (χ0n) is 30.3.